The number of amides is 1. The molecule has 23 heavy (non-hydrogen) atoms. The average Bonchev–Trinajstić information content (AvgIpc) is 3.05. The summed E-state index contributed by atoms with van der Waals surface area (Å²) in [5, 5.41) is 2.98. The van der Waals surface area contributed by atoms with Gasteiger partial charge in [-0.3, -0.25) is 4.79 Å². The largest absolute Gasteiger partial charge is 0.454 e. The number of fused-ring (bicyclic) bond motifs is 1. The van der Waals surface area contributed by atoms with Crippen molar-refractivity contribution in [2.75, 3.05) is 13.3 Å². The van der Waals surface area contributed by atoms with Gasteiger partial charge in [-0.2, -0.15) is 0 Å². The predicted octanol–water partition coefficient (Wildman–Crippen LogP) is 3.10. The molecule has 0 radical (unpaired) electrons. The van der Waals surface area contributed by atoms with Crippen molar-refractivity contribution in [3.8, 4) is 11.5 Å². The van der Waals surface area contributed by atoms with E-state index in [1.807, 2.05) is 36.4 Å². The molecule has 3 rings (SSSR count). The van der Waals surface area contributed by atoms with Gasteiger partial charge in [-0.05, 0) is 42.5 Å². The fourth-order valence-electron chi connectivity index (χ4n) is 2.61. The Hall–Kier alpha value is -2.49. The maximum absolute atomic E-state index is 11.9. The van der Waals surface area contributed by atoms with Crippen molar-refractivity contribution in [3.63, 3.8) is 0 Å². The lowest BCUT2D eigenvalue weighted by Gasteiger charge is -2.06. The van der Waals surface area contributed by atoms with Crippen molar-refractivity contribution in [2.24, 2.45) is 0 Å². The number of nitrogens with one attached hydrogen (secondary N) is 1. The summed E-state index contributed by atoms with van der Waals surface area (Å²) in [6.07, 6.45) is 3.15. The second-order valence-electron chi connectivity index (χ2n) is 5.63. The van der Waals surface area contributed by atoms with Gasteiger partial charge in [0.05, 0.1) is 0 Å². The van der Waals surface area contributed by atoms with Gasteiger partial charge < -0.3 is 14.8 Å². The van der Waals surface area contributed by atoms with Gasteiger partial charge in [0, 0.05) is 13.0 Å². The van der Waals surface area contributed by atoms with E-state index in [0.29, 0.717) is 12.8 Å². The van der Waals surface area contributed by atoms with Crippen LogP contribution >= 0.6 is 0 Å². The summed E-state index contributed by atoms with van der Waals surface area (Å²) in [5.74, 6) is 1.64. The molecule has 0 atom stereocenters. The molecule has 1 aliphatic heterocycles. The quantitative estimate of drug-likeness (QED) is 0.799. The molecule has 0 aromatic heterocycles. The van der Waals surface area contributed by atoms with E-state index in [1.165, 1.54) is 5.56 Å². The molecule has 0 unspecified atom stereocenters. The normalized spacial score (nSPS) is 12.2. The number of aryl methyl sites for hydroxylation is 2. The molecule has 0 saturated carbocycles. The lowest BCUT2D eigenvalue weighted by atomic mass is 10.1. The van der Waals surface area contributed by atoms with E-state index in [1.54, 1.807) is 0 Å². The minimum Gasteiger partial charge on any atom is -0.454 e. The number of hydrogen-bond donors (Lipinski definition) is 1. The molecule has 0 spiro atoms. The molecule has 2 aromatic rings. The van der Waals surface area contributed by atoms with E-state index in [9.17, 15) is 4.79 Å². The summed E-state index contributed by atoms with van der Waals surface area (Å²) in [6, 6.07) is 16.2. The van der Waals surface area contributed by atoms with Crippen LogP contribution in [-0.4, -0.2) is 19.2 Å². The van der Waals surface area contributed by atoms with Gasteiger partial charge in [0.25, 0.3) is 0 Å². The van der Waals surface area contributed by atoms with Crippen molar-refractivity contribution in [3.05, 3.63) is 59.7 Å². The van der Waals surface area contributed by atoms with E-state index in [2.05, 4.69) is 17.4 Å². The maximum Gasteiger partial charge on any atom is 0.231 e. The minimum atomic E-state index is 0.0933. The molecule has 2 aromatic carbocycles. The molecule has 1 amide bonds. The van der Waals surface area contributed by atoms with E-state index in [-0.39, 0.29) is 12.7 Å². The maximum atomic E-state index is 11.9. The number of carbonyl (C=O) groups excluding carboxylic acids is 1. The Balaban J connectivity index is 1.35. The average molecular weight is 311 g/mol. The van der Waals surface area contributed by atoms with Crippen LogP contribution in [0.2, 0.25) is 0 Å². The van der Waals surface area contributed by atoms with Crippen molar-refractivity contribution >= 4 is 5.91 Å². The first kappa shape index (κ1) is 15.4. The van der Waals surface area contributed by atoms with Crippen LogP contribution in [-0.2, 0) is 17.6 Å². The highest BCUT2D eigenvalue weighted by molar-refractivity contribution is 5.76. The molecule has 4 nitrogen and oxygen atoms in total. The number of hydrogen-bond acceptors (Lipinski definition) is 3. The lowest BCUT2D eigenvalue weighted by Crippen LogP contribution is -2.24. The van der Waals surface area contributed by atoms with Crippen LogP contribution in [0.1, 0.15) is 24.0 Å². The zero-order chi connectivity index (χ0) is 15.9. The van der Waals surface area contributed by atoms with E-state index in [0.717, 1.165) is 36.4 Å². The highest BCUT2D eigenvalue weighted by atomic mass is 16.7. The molecule has 4 heteroatoms. The zero-order valence-corrected chi connectivity index (χ0v) is 13.1. The van der Waals surface area contributed by atoms with Crippen LogP contribution in [0.5, 0.6) is 11.5 Å². The fourth-order valence-corrected chi connectivity index (χ4v) is 2.61. The van der Waals surface area contributed by atoms with Gasteiger partial charge in [0.1, 0.15) is 0 Å². The molecule has 0 aliphatic carbocycles. The third-order valence-electron chi connectivity index (χ3n) is 3.88. The van der Waals surface area contributed by atoms with Crippen molar-refractivity contribution < 1.29 is 14.3 Å². The smallest absolute Gasteiger partial charge is 0.231 e. The molecule has 0 fully saturated rings. The standard InChI is InChI=1S/C19H21NO3/c21-19(20-12-4-7-15-5-2-1-3-6-15)11-9-16-8-10-17-18(13-16)23-14-22-17/h1-3,5-6,8,10,13H,4,7,9,11-12,14H2,(H,20,21). The van der Waals surface area contributed by atoms with Crippen LogP contribution in [0.3, 0.4) is 0 Å². The van der Waals surface area contributed by atoms with Crippen LogP contribution < -0.4 is 14.8 Å². The molecular weight excluding hydrogens is 290 g/mol. The van der Waals surface area contributed by atoms with Crippen molar-refractivity contribution in [1.82, 2.24) is 5.32 Å². The number of ether oxygens (including phenoxy) is 2. The van der Waals surface area contributed by atoms with Gasteiger partial charge in [-0.15, -0.1) is 0 Å². The highest BCUT2D eigenvalue weighted by Crippen LogP contribution is 2.32. The second-order valence-corrected chi connectivity index (χ2v) is 5.63. The molecule has 0 bridgehead atoms. The predicted molar refractivity (Wildman–Crippen MR) is 88.7 cm³/mol. The first-order valence-electron chi connectivity index (χ1n) is 8.00. The van der Waals surface area contributed by atoms with Gasteiger partial charge in [0.15, 0.2) is 11.5 Å². The molecule has 1 aliphatic rings. The molecular formula is C19H21NO3. The Morgan fingerprint density at radius 2 is 1.78 bits per heavy atom. The van der Waals surface area contributed by atoms with Crippen molar-refractivity contribution in [2.45, 2.75) is 25.7 Å². The van der Waals surface area contributed by atoms with Gasteiger partial charge in [-0.25, -0.2) is 0 Å². The molecule has 120 valence electrons. The highest BCUT2D eigenvalue weighted by Gasteiger charge is 2.13. The molecule has 1 N–H and O–H groups in total. The van der Waals surface area contributed by atoms with Gasteiger partial charge >= 0.3 is 0 Å². The van der Waals surface area contributed by atoms with Crippen LogP contribution in [0.4, 0.5) is 0 Å². The minimum absolute atomic E-state index is 0.0933. The molecule has 0 saturated heterocycles. The summed E-state index contributed by atoms with van der Waals surface area (Å²) in [4.78, 5) is 11.9. The van der Waals surface area contributed by atoms with Gasteiger partial charge in [-0.1, -0.05) is 36.4 Å². The van der Waals surface area contributed by atoms with Crippen LogP contribution in [0.25, 0.3) is 0 Å². The fraction of sp³-hybridized carbons (Fsp3) is 0.316. The van der Waals surface area contributed by atoms with E-state index >= 15 is 0 Å². The summed E-state index contributed by atoms with van der Waals surface area (Å²) >= 11 is 0. The Kier molecular flexibility index (Phi) is 5.14. The van der Waals surface area contributed by atoms with Crippen LogP contribution in [0.15, 0.2) is 48.5 Å². The van der Waals surface area contributed by atoms with Gasteiger partial charge in [0.2, 0.25) is 12.7 Å². The Morgan fingerprint density at radius 3 is 2.65 bits per heavy atom. The summed E-state index contributed by atoms with van der Waals surface area (Å²) in [6.45, 7) is 0.996. The Labute approximate surface area is 136 Å². The SMILES string of the molecule is O=C(CCc1ccc2c(c1)OCO2)NCCCc1ccccc1. The summed E-state index contributed by atoms with van der Waals surface area (Å²) in [7, 11) is 0. The third-order valence-corrected chi connectivity index (χ3v) is 3.88. The Morgan fingerprint density at radius 1 is 0.957 bits per heavy atom. The first-order chi connectivity index (χ1) is 11.3. The van der Waals surface area contributed by atoms with E-state index < -0.39 is 0 Å². The first-order valence-corrected chi connectivity index (χ1v) is 8.00. The number of benzene rings is 2. The third kappa shape index (κ3) is 4.49. The topological polar surface area (TPSA) is 47.6 Å². The summed E-state index contributed by atoms with van der Waals surface area (Å²) < 4.78 is 10.6. The van der Waals surface area contributed by atoms with E-state index in [4.69, 9.17) is 9.47 Å². The number of rotatable bonds is 7. The van der Waals surface area contributed by atoms with Crippen molar-refractivity contribution in [1.29, 1.82) is 0 Å². The lowest BCUT2D eigenvalue weighted by molar-refractivity contribution is -0.121. The summed E-state index contributed by atoms with van der Waals surface area (Å²) in [5.41, 5.74) is 2.40. The zero-order valence-electron chi connectivity index (χ0n) is 13.1. The second kappa shape index (κ2) is 7.68. The monoisotopic (exact) mass is 311 g/mol. The van der Waals surface area contributed by atoms with Crippen LogP contribution in [0, 0.1) is 0 Å². The Bertz CT molecular complexity index is 655. The number of carbonyl (C=O) groups is 1. The molecule has 1 heterocycles.